The van der Waals surface area contributed by atoms with Gasteiger partial charge in [-0.15, -0.1) is 0 Å². The number of hydrogen-bond acceptors (Lipinski definition) is 10. The minimum absolute atomic E-state index is 0.00182. The molecule has 0 N–H and O–H groups in total. The zero-order valence-electron chi connectivity index (χ0n) is 22.1. The predicted molar refractivity (Wildman–Crippen MR) is 130 cm³/mol. The molecule has 3 rings (SSSR count). The molecule has 2 heterocycles. The lowest BCUT2D eigenvalue weighted by atomic mass is 9.93. The van der Waals surface area contributed by atoms with Crippen LogP contribution in [0.1, 0.15) is 88.9 Å². The summed E-state index contributed by atoms with van der Waals surface area (Å²) in [5.74, 6) is -1.89. The fraction of sp³-hybridized carbons (Fsp3) is 0.696. The number of sulfonamides is 1. The lowest BCUT2D eigenvalue weighted by molar-refractivity contribution is -0.139. The van der Waals surface area contributed by atoms with Crippen molar-refractivity contribution in [1.29, 1.82) is 0 Å². The fourth-order valence-electron chi connectivity index (χ4n) is 4.00. The number of ether oxygens (including phenoxy) is 3. The highest BCUT2D eigenvalue weighted by molar-refractivity contribution is 7.90. The zero-order valence-corrected chi connectivity index (χ0v) is 23.8. The van der Waals surface area contributed by atoms with Crippen LogP contribution in [-0.2, 0) is 42.4 Å². The summed E-state index contributed by atoms with van der Waals surface area (Å²) < 4.78 is 74.1. The second kappa shape index (κ2) is 10.4. The van der Waals surface area contributed by atoms with E-state index in [4.69, 9.17) is 27.8 Å². The first kappa shape index (κ1) is 29.2. The molecule has 1 saturated heterocycles. The summed E-state index contributed by atoms with van der Waals surface area (Å²) in [5.41, 5.74) is 1.08. The molecule has 1 fully saturated rings. The molecule has 36 heavy (non-hydrogen) atoms. The number of amides is 1. The van der Waals surface area contributed by atoms with E-state index in [0.717, 1.165) is 7.11 Å². The first-order chi connectivity index (χ1) is 16.5. The van der Waals surface area contributed by atoms with Crippen molar-refractivity contribution in [3.05, 3.63) is 28.8 Å². The number of phosphoric ester groups is 1. The number of benzene rings is 1. The summed E-state index contributed by atoms with van der Waals surface area (Å²) in [7, 11) is -7.66. The van der Waals surface area contributed by atoms with Crippen molar-refractivity contribution in [3.63, 3.8) is 0 Å². The maximum Gasteiger partial charge on any atom is 0.479 e. The molecular formula is C23H36NO10PS. The highest BCUT2D eigenvalue weighted by atomic mass is 32.2. The topological polar surface area (TPSA) is 127 Å². The van der Waals surface area contributed by atoms with Gasteiger partial charge in [-0.1, -0.05) is 19.9 Å². The molecule has 2 atom stereocenters. The van der Waals surface area contributed by atoms with Crippen LogP contribution in [-0.4, -0.2) is 56.8 Å². The van der Waals surface area contributed by atoms with Gasteiger partial charge in [-0.05, 0) is 64.7 Å². The largest absolute Gasteiger partial charge is 0.479 e. The highest BCUT2D eigenvalue weighted by Gasteiger charge is 2.51. The molecule has 2 aliphatic heterocycles. The third-order valence-corrected chi connectivity index (χ3v) is 8.93. The molecule has 13 heteroatoms. The van der Waals surface area contributed by atoms with Gasteiger partial charge in [0.25, 0.3) is 22.3 Å². The number of carbonyl (C=O) groups is 1. The molecule has 0 bridgehead atoms. The molecule has 1 aromatic carbocycles. The Labute approximate surface area is 213 Å². The molecule has 0 aliphatic carbocycles. The van der Waals surface area contributed by atoms with E-state index in [1.807, 2.05) is 13.8 Å². The first-order valence-electron chi connectivity index (χ1n) is 11.8. The average molecular weight is 550 g/mol. The summed E-state index contributed by atoms with van der Waals surface area (Å²) in [4.78, 5) is 13.4. The van der Waals surface area contributed by atoms with Crippen LogP contribution in [0.3, 0.4) is 0 Å². The van der Waals surface area contributed by atoms with Gasteiger partial charge in [0.05, 0.1) is 24.4 Å². The van der Waals surface area contributed by atoms with Crippen molar-refractivity contribution in [2.75, 3.05) is 13.7 Å². The van der Waals surface area contributed by atoms with E-state index in [1.54, 1.807) is 47.6 Å². The standard InChI is InChI=1S/C23H36NO10PS/c1-13(2)17-10-16(18-12-30-23(7,8)31-18)11-19-20(17)21(25)24(36(19,27)28)22(29-9)34-35(26,32-14(3)4)33-15(5)6/h10-11,13-15,18,22H,12H2,1-9H3. The Morgan fingerprint density at radius 3 is 2.08 bits per heavy atom. The number of nitrogens with zero attached hydrogens (tertiary/aromatic N) is 1. The van der Waals surface area contributed by atoms with E-state index >= 15 is 0 Å². The quantitative estimate of drug-likeness (QED) is 0.300. The zero-order chi connectivity index (χ0) is 27.2. The monoisotopic (exact) mass is 549 g/mol. The van der Waals surface area contributed by atoms with Gasteiger partial charge in [-0.3, -0.25) is 13.8 Å². The van der Waals surface area contributed by atoms with Gasteiger partial charge in [-0.25, -0.2) is 17.5 Å². The number of fused-ring (bicyclic) bond motifs is 1. The summed E-state index contributed by atoms with van der Waals surface area (Å²) in [6.07, 6.45) is -3.58. The summed E-state index contributed by atoms with van der Waals surface area (Å²) in [6, 6.07) is 3.17. The van der Waals surface area contributed by atoms with Crippen LogP contribution in [0.15, 0.2) is 17.0 Å². The van der Waals surface area contributed by atoms with E-state index < -0.39 is 54.3 Å². The Morgan fingerprint density at radius 2 is 1.64 bits per heavy atom. The van der Waals surface area contributed by atoms with Gasteiger partial charge in [0.1, 0.15) is 11.0 Å². The smallest absolute Gasteiger partial charge is 0.347 e. The van der Waals surface area contributed by atoms with Crippen molar-refractivity contribution in [1.82, 2.24) is 4.31 Å². The fourth-order valence-corrected chi connectivity index (χ4v) is 7.27. The molecular weight excluding hydrogens is 513 g/mol. The SMILES string of the molecule is COC(OP(=O)(OC(C)C)OC(C)C)N1C(=O)c2c(C(C)C)cc(C3COC(C)(C)O3)cc2S1(=O)=O. The van der Waals surface area contributed by atoms with E-state index in [9.17, 15) is 17.8 Å². The second-order valence-corrected chi connectivity index (χ2v) is 13.3. The number of methoxy groups -OCH3 is 1. The summed E-state index contributed by atoms with van der Waals surface area (Å²) in [6.45, 7) is 13.9. The van der Waals surface area contributed by atoms with Crippen LogP contribution >= 0.6 is 7.82 Å². The predicted octanol–water partition coefficient (Wildman–Crippen LogP) is 4.68. The second-order valence-electron chi connectivity index (χ2n) is 9.97. The molecule has 11 nitrogen and oxygen atoms in total. The van der Waals surface area contributed by atoms with Crippen molar-refractivity contribution < 1.29 is 45.6 Å². The molecule has 1 amide bonds. The minimum Gasteiger partial charge on any atom is -0.347 e. The number of carbonyl (C=O) groups excluding carboxylic acids is 1. The van der Waals surface area contributed by atoms with Gasteiger partial charge in [0.2, 0.25) is 0 Å². The third-order valence-electron chi connectivity index (χ3n) is 5.40. The third kappa shape index (κ3) is 5.86. The van der Waals surface area contributed by atoms with Gasteiger partial charge >= 0.3 is 7.82 Å². The molecule has 2 unspecified atom stereocenters. The van der Waals surface area contributed by atoms with Crippen molar-refractivity contribution >= 4 is 23.8 Å². The first-order valence-corrected chi connectivity index (χ1v) is 14.7. The minimum atomic E-state index is -4.47. The lowest BCUT2D eigenvalue weighted by Crippen LogP contribution is -2.42. The van der Waals surface area contributed by atoms with Crippen molar-refractivity contribution in [2.24, 2.45) is 0 Å². The maximum atomic E-state index is 13.7. The molecule has 0 aromatic heterocycles. The Bertz CT molecular complexity index is 1130. The Morgan fingerprint density at radius 1 is 1.06 bits per heavy atom. The number of phosphoric acid groups is 1. The average Bonchev–Trinajstić information content (AvgIpc) is 3.18. The van der Waals surface area contributed by atoms with Crippen LogP contribution in [0, 0.1) is 0 Å². The molecule has 204 valence electrons. The van der Waals surface area contributed by atoms with Gasteiger partial charge in [0.15, 0.2) is 5.79 Å². The van der Waals surface area contributed by atoms with Gasteiger partial charge in [-0.2, -0.15) is 4.31 Å². The summed E-state index contributed by atoms with van der Waals surface area (Å²) in [5, 5.41) is 0. The molecule has 1 aromatic rings. The number of rotatable bonds is 10. The Balaban J connectivity index is 2.07. The van der Waals surface area contributed by atoms with Crippen LogP contribution in [0.2, 0.25) is 0 Å². The van der Waals surface area contributed by atoms with E-state index in [-0.39, 0.29) is 23.0 Å². The molecule has 0 spiro atoms. The summed E-state index contributed by atoms with van der Waals surface area (Å²) >= 11 is 0. The van der Waals surface area contributed by atoms with E-state index in [0.29, 0.717) is 15.4 Å². The van der Waals surface area contributed by atoms with Crippen LogP contribution in [0.5, 0.6) is 0 Å². The molecule has 0 saturated carbocycles. The van der Waals surface area contributed by atoms with Crippen molar-refractivity contribution in [2.45, 2.75) is 96.7 Å². The van der Waals surface area contributed by atoms with Gasteiger partial charge < -0.3 is 14.2 Å². The molecule has 2 aliphatic rings. The van der Waals surface area contributed by atoms with Crippen LogP contribution in [0.25, 0.3) is 0 Å². The van der Waals surface area contributed by atoms with E-state index in [2.05, 4.69) is 0 Å². The van der Waals surface area contributed by atoms with E-state index in [1.165, 1.54) is 6.07 Å². The highest BCUT2D eigenvalue weighted by Crippen LogP contribution is 2.54. The lowest BCUT2D eigenvalue weighted by Gasteiger charge is -2.29. The Hall–Kier alpha value is -1.37. The van der Waals surface area contributed by atoms with Crippen molar-refractivity contribution in [3.8, 4) is 0 Å². The number of hydrogen-bond donors (Lipinski definition) is 0. The maximum absolute atomic E-state index is 13.7. The Kier molecular flexibility index (Phi) is 8.45. The normalized spacial score (nSPS) is 22.2. The molecule has 0 radical (unpaired) electrons. The van der Waals surface area contributed by atoms with Crippen LogP contribution < -0.4 is 0 Å². The van der Waals surface area contributed by atoms with Gasteiger partial charge in [0, 0.05) is 7.11 Å². The van der Waals surface area contributed by atoms with Crippen LogP contribution in [0.4, 0.5) is 0 Å².